The molecule has 0 aromatic rings. The molecule has 0 aromatic carbocycles. The summed E-state index contributed by atoms with van der Waals surface area (Å²) in [5.41, 5.74) is 0.544. The van der Waals surface area contributed by atoms with Crippen molar-refractivity contribution in [3.8, 4) is 0 Å². The van der Waals surface area contributed by atoms with Gasteiger partial charge < -0.3 is 15.5 Å². The van der Waals surface area contributed by atoms with Crippen LogP contribution in [0.3, 0.4) is 0 Å². The summed E-state index contributed by atoms with van der Waals surface area (Å²) in [6, 6.07) is 0. The van der Waals surface area contributed by atoms with Crippen LogP contribution in [0.25, 0.3) is 0 Å². The average Bonchev–Trinajstić information content (AvgIpc) is 2.41. The third-order valence-electron chi connectivity index (χ3n) is 5.30. The fraction of sp³-hybridized carbons (Fsp3) is 0.938. The zero-order chi connectivity index (χ0) is 14.4. The number of rotatable bonds is 5. The highest BCUT2D eigenvalue weighted by Crippen LogP contribution is 2.42. The molecule has 0 aromatic heterocycles. The van der Waals surface area contributed by atoms with Crippen molar-refractivity contribution in [2.45, 2.75) is 45.4 Å². The van der Waals surface area contributed by atoms with Crippen LogP contribution in [-0.4, -0.2) is 51.1 Å². The predicted octanol–water partition coefficient (Wildman–Crippen LogP) is 2.69. The van der Waals surface area contributed by atoms with Gasteiger partial charge in [-0.3, -0.25) is 4.99 Å². The SMILES string of the molecule is CCC1(CNC(=NC)NCC2CCCN(C)C2)CCC1.I. The predicted molar refractivity (Wildman–Crippen MR) is 102 cm³/mol. The van der Waals surface area contributed by atoms with E-state index in [0.717, 1.165) is 25.0 Å². The van der Waals surface area contributed by atoms with E-state index in [2.05, 4.69) is 34.5 Å². The largest absolute Gasteiger partial charge is 0.356 e. The number of halogens is 1. The molecule has 2 N–H and O–H groups in total. The fourth-order valence-electron chi connectivity index (χ4n) is 3.50. The highest BCUT2D eigenvalue weighted by Gasteiger charge is 2.34. The third-order valence-corrected chi connectivity index (χ3v) is 5.30. The van der Waals surface area contributed by atoms with Gasteiger partial charge in [-0.25, -0.2) is 0 Å². The van der Waals surface area contributed by atoms with Gasteiger partial charge in [0.15, 0.2) is 5.96 Å². The van der Waals surface area contributed by atoms with Gasteiger partial charge in [-0.15, -0.1) is 24.0 Å². The van der Waals surface area contributed by atoms with Crippen molar-refractivity contribution in [1.82, 2.24) is 15.5 Å². The second-order valence-electron chi connectivity index (χ2n) is 6.78. The molecule has 2 aliphatic rings. The van der Waals surface area contributed by atoms with Crippen LogP contribution < -0.4 is 10.6 Å². The minimum atomic E-state index is 0. The first-order chi connectivity index (χ1) is 9.67. The standard InChI is InChI=1S/C16H32N4.HI/c1-4-16(8-6-9-16)13-19-15(17-2)18-11-14-7-5-10-20(3)12-14;/h14H,4-13H2,1-3H3,(H2,17,18,19);1H. The number of hydrogen-bond acceptors (Lipinski definition) is 2. The Labute approximate surface area is 147 Å². The lowest BCUT2D eigenvalue weighted by Crippen LogP contribution is -2.48. The maximum Gasteiger partial charge on any atom is 0.191 e. The van der Waals surface area contributed by atoms with Gasteiger partial charge in [-0.05, 0) is 57.0 Å². The van der Waals surface area contributed by atoms with Crippen molar-refractivity contribution < 1.29 is 0 Å². The van der Waals surface area contributed by atoms with Gasteiger partial charge >= 0.3 is 0 Å². The van der Waals surface area contributed by atoms with Gasteiger partial charge in [0.2, 0.25) is 0 Å². The Kier molecular flexibility index (Phi) is 8.31. The van der Waals surface area contributed by atoms with E-state index in [0.29, 0.717) is 5.41 Å². The quantitative estimate of drug-likeness (QED) is 0.418. The van der Waals surface area contributed by atoms with E-state index >= 15 is 0 Å². The molecule has 1 atom stereocenters. The molecule has 1 saturated heterocycles. The summed E-state index contributed by atoms with van der Waals surface area (Å²) < 4.78 is 0. The van der Waals surface area contributed by atoms with Gasteiger partial charge in [-0.1, -0.05) is 13.3 Å². The van der Waals surface area contributed by atoms with Gasteiger partial charge in [0.1, 0.15) is 0 Å². The topological polar surface area (TPSA) is 39.7 Å². The zero-order valence-electron chi connectivity index (χ0n) is 14.0. The molecule has 2 rings (SSSR count). The number of hydrogen-bond donors (Lipinski definition) is 2. The first-order valence-electron chi connectivity index (χ1n) is 8.30. The molecule has 21 heavy (non-hydrogen) atoms. The molecule has 1 aliphatic carbocycles. The molecule has 124 valence electrons. The Balaban J connectivity index is 0.00000220. The van der Waals surface area contributed by atoms with Crippen molar-refractivity contribution >= 4 is 29.9 Å². The van der Waals surface area contributed by atoms with E-state index in [1.807, 2.05) is 7.05 Å². The second kappa shape index (κ2) is 9.18. The smallest absolute Gasteiger partial charge is 0.191 e. The molecule has 1 aliphatic heterocycles. The summed E-state index contributed by atoms with van der Waals surface area (Å²) in [7, 11) is 4.10. The Hall–Kier alpha value is -0.0400. The van der Waals surface area contributed by atoms with E-state index in [9.17, 15) is 0 Å². The van der Waals surface area contributed by atoms with Crippen molar-refractivity contribution in [1.29, 1.82) is 0 Å². The lowest BCUT2D eigenvalue weighted by atomic mass is 9.67. The molecule has 0 spiro atoms. The lowest BCUT2D eigenvalue weighted by molar-refractivity contribution is 0.131. The number of nitrogens with zero attached hydrogens (tertiary/aromatic N) is 2. The Morgan fingerprint density at radius 1 is 1.29 bits per heavy atom. The summed E-state index contributed by atoms with van der Waals surface area (Å²) >= 11 is 0. The first-order valence-corrected chi connectivity index (χ1v) is 8.30. The Bertz CT molecular complexity index is 323. The first kappa shape index (κ1) is 19.0. The number of piperidine rings is 1. The molecular weight excluding hydrogens is 375 g/mol. The molecule has 2 fully saturated rings. The molecule has 1 unspecified atom stereocenters. The van der Waals surface area contributed by atoms with E-state index in [4.69, 9.17) is 0 Å². The lowest BCUT2D eigenvalue weighted by Gasteiger charge is -2.41. The number of likely N-dealkylation sites (tertiary alicyclic amines) is 1. The van der Waals surface area contributed by atoms with Gasteiger partial charge in [-0.2, -0.15) is 0 Å². The average molecular weight is 408 g/mol. The van der Waals surface area contributed by atoms with Gasteiger partial charge in [0.05, 0.1) is 0 Å². The Morgan fingerprint density at radius 2 is 2.05 bits per heavy atom. The highest BCUT2D eigenvalue weighted by molar-refractivity contribution is 14.0. The summed E-state index contributed by atoms with van der Waals surface area (Å²) in [5.74, 6) is 1.74. The fourth-order valence-corrected chi connectivity index (χ4v) is 3.50. The second-order valence-corrected chi connectivity index (χ2v) is 6.78. The van der Waals surface area contributed by atoms with Crippen LogP contribution in [0.1, 0.15) is 45.4 Å². The van der Waals surface area contributed by atoms with Crippen molar-refractivity contribution in [2.75, 3.05) is 40.3 Å². The molecule has 5 heteroatoms. The van der Waals surface area contributed by atoms with E-state index < -0.39 is 0 Å². The monoisotopic (exact) mass is 408 g/mol. The minimum absolute atomic E-state index is 0. The summed E-state index contributed by atoms with van der Waals surface area (Å²) in [4.78, 5) is 6.81. The van der Waals surface area contributed by atoms with Crippen LogP contribution in [0, 0.1) is 11.3 Å². The van der Waals surface area contributed by atoms with Gasteiger partial charge in [0.25, 0.3) is 0 Å². The number of nitrogens with one attached hydrogen (secondary N) is 2. The highest BCUT2D eigenvalue weighted by atomic mass is 127. The zero-order valence-corrected chi connectivity index (χ0v) is 16.3. The van der Waals surface area contributed by atoms with Crippen LogP contribution in [0.4, 0.5) is 0 Å². The summed E-state index contributed by atoms with van der Waals surface area (Å²) in [5, 5.41) is 7.06. The van der Waals surface area contributed by atoms with Gasteiger partial charge in [0, 0.05) is 26.7 Å². The van der Waals surface area contributed by atoms with Crippen molar-refractivity contribution in [3.05, 3.63) is 0 Å². The molecule has 0 amide bonds. The molecule has 0 bridgehead atoms. The van der Waals surface area contributed by atoms with Crippen molar-refractivity contribution in [3.63, 3.8) is 0 Å². The van der Waals surface area contributed by atoms with E-state index in [1.54, 1.807) is 0 Å². The molecule has 4 nitrogen and oxygen atoms in total. The maximum atomic E-state index is 4.37. The third kappa shape index (κ3) is 5.58. The van der Waals surface area contributed by atoms with Crippen LogP contribution in [0.5, 0.6) is 0 Å². The van der Waals surface area contributed by atoms with Crippen LogP contribution in [-0.2, 0) is 0 Å². The summed E-state index contributed by atoms with van der Waals surface area (Å²) in [6.45, 7) is 6.90. The van der Waals surface area contributed by atoms with Crippen LogP contribution in [0.15, 0.2) is 4.99 Å². The number of guanidine groups is 1. The van der Waals surface area contributed by atoms with Crippen LogP contribution in [0.2, 0.25) is 0 Å². The minimum Gasteiger partial charge on any atom is -0.356 e. The molecule has 0 radical (unpaired) electrons. The van der Waals surface area contributed by atoms with E-state index in [1.165, 1.54) is 51.6 Å². The Morgan fingerprint density at radius 3 is 2.57 bits per heavy atom. The summed E-state index contributed by atoms with van der Waals surface area (Å²) in [6.07, 6.45) is 8.10. The van der Waals surface area contributed by atoms with E-state index in [-0.39, 0.29) is 24.0 Å². The normalized spacial score (nSPS) is 25.7. The number of aliphatic imine (C=N–C) groups is 1. The van der Waals surface area contributed by atoms with Crippen LogP contribution >= 0.6 is 24.0 Å². The molecular formula is C16H33IN4. The molecule has 1 heterocycles. The molecule has 1 saturated carbocycles. The van der Waals surface area contributed by atoms with Crippen molar-refractivity contribution in [2.24, 2.45) is 16.3 Å². The maximum absolute atomic E-state index is 4.37.